The van der Waals surface area contributed by atoms with E-state index in [0.29, 0.717) is 17.1 Å². The molecule has 0 saturated heterocycles. The summed E-state index contributed by atoms with van der Waals surface area (Å²) in [5, 5.41) is 19.0. The summed E-state index contributed by atoms with van der Waals surface area (Å²) in [5.41, 5.74) is 0.542. The maximum Gasteiger partial charge on any atom is 0.311 e. The second-order valence-electron chi connectivity index (χ2n) is 6.40. The molecule has 3 rings (SSSR count). The largest absolute Gasteiger partial charge is 0.494 e. The number of hydrogen-bond acceptors (Lipinski definition) is 8. The number of nitrogens with zero attached hydrogens (tertiary/aromatic N) is 1. The van der Waals surface area contributed by atoms with Gasteiger partial charge in [0.2, 0.25) is 0 Å². The van der Waals surface area contributed by atoms with Crippen LogP contribution in [0.2, 0.25) is 0 Å². The number of nitro benzene ring substituents is 1. The molecule has 0 fully saturated rings. The quantitative estimate of drug-likeness (QED) is 0.268. The first-order chi connectivity index (χ1) is 15.8. The van der Waals surface area contributed by atoms with Crippen molar-refractivity contribution in [1.29, 1.82) is 0 Å². The van der Waals surface area contributed by atoms with Crippen molar-refractivity contribution in [3.8, 4) is 11.5 Å². The topological polar surface area (TPSA) is 145 Å². The van der Waals surface area contributed by atoms with Gasteiger partial charge in [0.15, 0.2) is 16.6 Å². The number of methoxy groups -OCH3 is 2. The van der Waals surface area contributed by atoms with Gasteiger partial charge in [-0.3, -0.25) is 25.0 Å². The van der Waals surface area contributed by atoms with Crippen LogP contribution in [0.3, 0.4) is 0 Å². The summed E-state index contributed by atoms with van der Waals surface area (Å²) in [6.07, 6.45) is 1.39. The Kier molecular flexibility index (Phi) is 7.20. The van der Waals surface area contributed by atoms with Crippen molar-refractivity contribution < 1.29 is 28.4 Å². The summed E-state index contributed by atoms with van der Waals surface area (Å²) in [4.78, 5) is 35.1. The molecule has 0 bridgehead atoms. The van der Waals surface area contributed by atoms with Crippen molar-refractivity contribution in [3.05, 3.63) is 76.2 Å². The lowest BCUT2D eigenvalue weighted by Gasteiger charge is -2.14. The van der Waals surface area contributed by atoms with Gasteiger partial charge in [0.1, 0.15) is 5.75 Å². The van der Waals surface area contributed by atoms with Crippen LogP contribution in [0.5, 0.6) is 11.5 Å². The monoisotopic (exact) mass is 470 g/mol. The summed E-state index contributed by atoms with van der Waals surface area (Å²) >= 11 is 5.16. The first-order valence-electron chi connectivity index (χ1n) is 9.30. The van der Waals surface area contributed by atoms with Crippen LogP contribution in [0.1, 0.15) is 20.9 Å². The van der Waals surface area contributed by atoms with E-state index in [4.69, 9.17) is 26.1 Å². The zero-order valence-corrected chi connectivity index (χ0v) is 18.2. The van der Waals surface area contributed by atoms with Crippen LogP contribution in [0, 0.1) is 10.1 Å². The van der Waals surface area contributed by atoms with Crippen LogP contribution in [0.25, 0.3) is 0 Å². The van der Waals surface area contributed by atoms with Gasteiger partial charge in [0.25, 0.3) is 11.8 Å². The molecule has 3 aromatic rings. The molecule has 0 spiro atoms. The third kappa shape index (κ3) is 5.62. The molecule has 2 aromatic carbocycles. The van der Waals surface area contributed by atoms with Crippen molar-refractivity contribution in [2.75, 3.05) is 24.9 Å². The van der Waals surface area contributed by atoms with Crippen molar-refractivity contribution >= 4 is 46.2 Å². The predicted molar refractivity (Wildman–Crippen MR) is 123 cm³/mol. The summed E-state index contributed by atoms with van der Waals surface area (Å²) in [5.74, 6) is -0.590. The molecular weight excluding hydrogens is 452 g/mol. The average Bonchev–Trinajstić information content (AvgIpc) is 3.34. The molecule has 33 heavy (non-hydrogen) atoms. The van der Waals surface area contributed by atoms with Crippen LogP contribution in [0.4, 0.5) is 17.1 Å². The molecule has 2 amide bonds. The molecule has 0 unspecified atom stereocenters. The number of hydrogen-bond donors (Lipinski definition) is 3. The second kappa shape index (κ2) is 10.2. The molecule has 0 aliphatic carbocycles. The van der Waals surface area contributed by atoms with E-state index in [1.165, 1.54) is 38.7 Å². The molecular formula is C21H18N4O7S. The number of carbonyl (C=O) groups is 2. The number of ether oxygens (including phenoxy) is 2. The lowest BCUT2D eigenvalue weighted by atomic mass is 10.1. The first-order valence-corrected chi connectivity index (χ1v) is 9.71. The first kappa shape index (κ1) is 23.2. The normalized spacial score (nSPS) is 10.1. The smallest absolute Gasteiger partial charge is 0.311 e. The Morgan fingerprint density at radius 1 is 1.00 bits per heavy atom. The minimum absolute atomic E-state index is 0.0280. The molecule has 1 aromatic heterocycles. The second-order valence-corrected chi connectivity index (χ2v) is 6.81. The predicted octanol–water partition coefficient (Wildman–Crippen LogP) is 3.58. The Bertz CT molecular complexity index is 1210. The van der Waals surface area contributed by atoms with E-state index < -0.39 is 16.7 Å². The van der Waals surface area contributed by atoms with Crippen LogP contribution in [-0.4, -0.2) is 36.1 Å². The van der Waals surface area contributed by atoms with Gasteiger partial charge in [-0.2, -0.15) is 0 Å². The van der Waals surface area contributed by atoms with Crippen LogP contribution in [-0.2, 0) is 0 Å². The zero-order valence-electron chi connectivity index (χ0n) is 17.4. The number of furan rings is 1. The van der Waals surface area contributed by atoms with Gasteiger partial charge in [0, 0.05) is 23.4 Å². The molecule has 1 heterocycles. The molecule has 0 aliphatic rings. The molecule has 0 aliphatic heterocycles. The maximum absolute atomic E-state index is 12.4. The zero-order chi connectivity index (χ0) is 24.0. The van der Waals surface area contributed by atoms with Gasteiger partial charge in [-0.15, -0.1) is 0 Å². The Morgan fingerprint density at radius 3 is 2.39 bits per heavy atom. The standard InChI is InChI=1S/C21H18N4O7S/c1-30-16-8-5-12(10-15(16)25(28)29)19(26)24-21(33)22-13-6-7-14(18(11-13)31-2)23-20(27)17-4-3-9-32-17/h3-11H,1-2H3,(H,23,27)(H2,22,24,26,33). The number of nitrogens with one attached hydrogen (secondary N) is 3. The van der Waals surface area contributed by atoms with Gasteiger partial charge in [-0.05, 0) is 48.6 Å². The number of nitro groups is 1. The van der Waals surface area contributed by atoms with E-state index in [1.807, 2.05) is 0 Å². The van der Waals surface area contributed by atoms with Gasteiger partial charge in [-0.25, -0.2) is 0 Å². The van der Waals surface area contributed by atoms with E-state index in [9.17, 15) is 19.7 Å². The van der Waals surface area contributed by atoms with E-state index >= 15 is 0 Å². The third-order valence-electron chi connectivity index (χ3n) is 4.32. The lowest BCUT2D eigenvalue weighted by Crippen LogP contribution is -2.34. The van der Waals surface area contributed by atoms with E-state index in [-0.39, 0.29) is 27.9 Å². The molecule has 0 atom stereocenters. The fraction of sp³-hybridized carbons (Fsp3) is 0.0952. The highest BCUT2D eigenvalue weighted by Crippen LogP contribution is 2.29. The Morgan fingerprint density at radius 2 is 1.76 bits per heavy atom. The highest BCUT2D eigenvalue weighted by atomic mass is 32.1. The Hall–Kier alpha value is -4.45. The minimum Gasteiger partial charge on any atom is -0.494 e. The fourth-order valence-electron chi connectivity index (χ4n) is 2.78. The van der Waals surface area contributed by atoms with Gasteiger partial charge < -0.3 is 24.5 Å². The van der Waals surface area contributed by atoms with Crippen LogP contribution >= 0.6 is 12.2 Å². The number of carbonyl (C=O) groups excluding carboxylic acids is 2. The van der Waals surface area contributed by atoms with Crippen molar-refractivity contribution in [2.24, 2.45) is 0 Å². The fourth-order valence-corrected chi connectivity index (χ4v) is 2.99. The highest BCUT2D eigenvalue weighted by Gasteiger charge is 2.19. The number of amides is 2. The van der Waals surface area contributed by atoms with E-state index in [0.717, 1.165) is 6.07 Å². The van der Waals surface area contributed by atoms with Crippen molar-refractivity contribution in [2.45, 2.75) is 0 Å². The van der Waals surface area contributed by atoms with E-state index in [2.05, 4.69) is 16.0 Å². The SMILES string of the molecule is COc1cc(NC(=S)NC(=O)c2ccc(OC)c([N+](=O)[O-])c2)ccc1NC(=O)c1ccco1. The molecule has 3 N–H and O–H groups in total. The summed E-state index contributed by atoms with van der Waals surface area (Å²) in [6.45, 7) is 0. The van der Waals surface area contributed by atoms with Crippen LogP contribution in [0.15, 0.2) is 59.2 Å². The molecule has 170 valence electrons. The number of rotatable bonds is 7. The molecule has 12 heteroatoms. The van der Waals surface area contributed by atoms with E-state index in [1.54, 1.807) is 24.3 Å². The summed E-state index contributed by atoms with van der Waals surface area (Å²) in [7, 11) is 2.72. The number of thiocarbonyl (C=S) groups is 1. The number of benzene rings is 2. The Labute approximate surface area is 192 Å². The maximum atomic E-state index is 12.4. The Balaban J connectivity index is 1.67. The molecule has 0 saturated carbocycles. The average molecular weight is 470 g/mol. The van der Waals surface area contributed by atoms with Crippen molar-refractivity contribution in [1.82, 2.24) is 5.32 Å². The third-order valence-corrected chi connectivity index (χ3v) is 4.52. The van der Waals surface area contributed by atoms with Gasteiger partial charge in [-0.1, -0.05) is 0 Å². The van der Waals surface area contributed by atoms with Crippen molar-refractivity contribution in [3.63, 3.8) is 0 Å². The molecule has 0 radical (unpaired) electrons. The van der Waals surface area contributed by atoms with Gasteiger partial charge >= 0.3 is 5.69 Å². The summed E-state index contributed by atoms with van der Waals surface area (Å²) < 4.78 is 15.3. The highest BCUT2D eigenvalue weighted by molar-refractivity contribution is 7.80. The molecule has 11 nitrogen and oxygen atoms in total. The van der Waals surface area contributed by atoms with Crippen LogP contribution < -0.4 is 25.4 Å². The van der Waals surface area contributed by atoms with Gasteiger partial charge in [0.05, 0.1) is 31.1 Å². The lowest BCUT2D eigenvalue weighted by molar-refractivity contribution is -0.385. The summed E-state index contributed by atoms with van der Waals surface area (Å²) in [6, 6.07) is 11.7. The minimum atomic E-state index is -0.648. The number of anilines is 2.